The van der Waals surface area contributed by atoms with Gasteiger partial charge in [0.2, 0.25) is 5.91 Å². The van der Waals surface area contributed by atoms with Crippen molar-refractivity contribution in [1.29, 1.82) is 0 Å². The molecule has 0 bridgehead atoms. The van der Waals surface area contributed by atoms with Crippen molar-refractivity contribution < 1.29 is 9.72 Å². The van der Waals surface area contributed by atoms with Crippen LogP contribution in [0.5, 0.6) is 0 Å². The van der Waals surface area contributed by atoms with E-state index in [-0.39, 0.29) is 23.7 Å². The maximum absolute atomic E-state index is 10.9. The number of rotatable bonds is 6. The minimum Gasteiger partial charge on any atom is -0.376 e. The average molecular weight is 287 g/mol. The van der Waals surface area contributed by atoms with E-state index in [2.05, 4.69) is 5.32 Å². The number of amides is 1. The Morgan fingerprint density at radius 1 is 1.42 bits per heavy atom. The van der Waals surface area contributed by atoms with Crippen LogP contribution < -0.4 is 16.8 Å². The van der Waals surface area contributed by atoms with Crippen LogP contribution in [0, 0.1) is 10.1 Å². The largest absolute Gasteiger partial charge is 0.376 e. The molecule has 0 aliphatic carbocycles. The van der Waals surface area contributed by atoms with Gasteiger partial charge in [-0.2, -0.15) is 0 Å². The van der Waals surface area contributed by atoms with Crippen molar-refractivity contribution in [3.8, 4) is 0 Å². The fourth-order valence-corrected chi connectivity index (χ4v) is 1.33. The molecule has 0 aliphatic rings. The highest BCUT2D eigenvalue weighted by Gasteiger charge is 2.15. The molecule has 0 saturated heterocycles. The topological polar surface area (TPSA) is 124 Å². The van der Waals surface area contributed by atoms with Crippen LogP contribution in [-0.2, 0) is 0 Å². The number of hydrogen-bond acceptors (Lipinski definition) is 5. The predicted molar refractivity (Wildman–Crippen MR) is 75.5 cm³/mol. The first-order valence-corrected chi connectivity index (χ1v) is 5.23. The highest BCUT2D eigenvalue weighted by atomic mass is 35.5. The Bertz CT molecular complexity index is 491. The standard InChI is InChI=1S/C11H14N4O3.ClH/c12-5-1-2-6-14-9-4-3-8(11(13)16)7-10(9)15(17)18;/h1-4,7,14H,5-6,12H2,(H2,13,16);1H/b2-1+;. The number of nitrogens with two attached hydrogens (primary N) is 2. The van der Waals surface area contributed by atoms with Gasteiger partial charge in [-0.1, -0.05) is 12.2 Å². The zero-order valence-corrected chi connectivity index (χ0v) is 10.9. The molecule has 1 amide bonds. The van der Waals surface area contributed by atoms with Crippen LogP contribution in [0.15, 0.2) is 30.4 Å². The van der Waals surface area contributed by atoms with Gasteiger partial charge in [0.1, 0.15) is 5.69 Å². The van der Waals surface area contributed by atoms with Gasteiger partial charge in [-0.25, -0.2) is 0 Å². The molecule has 0 atom stereocenters. The van der Waals surface area contributed by atoms with E-state index < -0.39 is 10.8 Å². The summed E-state index contributed by atoms with van der Waals surface area (Å²) < 4.78 is 0. The lowest BCUT2D eigenvalue weighted by atomic mass is 10.1. The van der Waals surface area contributed by atoms with Crippen molar-refractivity contribution in [2.45, 2.75) is 0 Å². The highest BCUT2D eigenvalue weighted by molar-refractivity contribution is 5.94. The van der Waals surface area contributed by atoms with Crippen LogP contribution in [0.2, 0.25) is 0 Å². The van der Waals surface area contributed by atoms with Crippen LogP contribution in [-0.4, -0.2) is 23.9 Å². The summed E-state index contributed by atoms with van der Waals surface area (Å²) in [5.41, 5.74) is 10.6. The second-order valence-corrected chi connectivity index (χ2v) is 3.44. The molecule has 0 aliphatic heterocycles. The van der Waals surface area contributed by atoms with E-state index in [0.29, 0.717) is 18.8 Å². The van der Waals surface area contributed by atoms with E-state index in [9.17, 15) is 14.9 Å². The van der Waals surface area contributed by atoms with Crippen LogP contribution in [0.4, 0.5) is 11.4 Å². The van der Waals surface area contributed by atoms with Crippen LogP contribution in [0.25, 0.3) is 0 Å². The molecule has 0 radical (unpaired) electrons. The zero-order valence-electron chi connectivity index (χ0n) is 10.0. The molecule has 5 N–H and O–H groups in total. The van der Waals surface area contributed by atoms with Gasteiger partial charge in [-0.3, -0.25) is 14.9 Å². The number of carbonyl (C=O) groups is 1. The third-order valence-corrected chi connectivity index (χ3v) is 2.19. The van der Waals surface area contributed by atoms with E-state index >= 15 is 0 Å². The Hall–Kier alpha value is -2.12. The van der Waals surface area contributed by atoms with Gasteiger partial charge < -0.3 is 16.8 Å². The molecule has 19 heavy (non-hydrogen) atoms. The summed E-state index contributed by atoms with van der Waals surface area (Å²) in [6.45, 7) is 0.818. The summed E-state index contributed by atoms with van der Waals surface area (Å²) in [7, 11) is 0. The Morgan fingerprint density at radius 3 is 2.63 bits per heavy atom. The fraction of sp³-hybridized carbons (Fsp3) is 0.182. The first kappa shape index (κ1) is 16.9. The Balaban J connectivity index is 0.00000324. The molecule has 0 fully saturated rings. The molecular formula is C11H15ClN4O3. The van der Waals surface area contributed by atoms with E-state index in [4.69, 9.17) is 11.5 Å². The van der Waals surface area contributed by atoms with Gasteiger partial charge in [0.05, 0.1) is 4.92 Å². The molecule has 1 aromatic rings. The fourth-order valence-electron chi connectivity index (χ4n) is 1.33. The lowest BCUT2D eigenvalue weighted by Crippen LogP contribution is -2.12. The Kier molecular flexibility index (Phi) is 7.16. The van der Waals surface area contributed by atoms with Crippen LogP contribution >= 0.6 is 12.4 Å². The number of nitro groups is 1. The first-order chi connectivity index (χ1) is 8.56. The van der Waals surface area contributed by atoms with Crippen molar-refractivity contribution in [2.75, 3.05) is 18.4 Å². The van der Waals surface area contributed by atoms with Gasteiger partial charge in [0, 0.05) is 24.7 Å². The van der Waals surface area contributed by atoms with Crippen molar-refractivity contribution in [3.63, 3.8) is 0 Å². The van der Waals surface area contributed by atoms with E-state index in [0.717, 1.165) is 6.07 Å². The number of carbonyl (C=O) groups excluding carboxylic acids is 1. The van der Waals surface area contributed by atoms with Gasteiger partial charge in [0.25, 0.3) is 5.69 Å². The molecule has 7 nitrogen and oxygen atoms in total. The average Bonchev–Trinajstić information content (AvgIpc) is 2.34. The number of nitrogens with one attached hydrogen (secondary N) is 1. The molecule has 8 heteroatoms. The molecule has 1 aromatic carbocycles. The number of primary amides is 1. The Morgan fingerprint density at radius 2 is 2.11 bits per heavy atom. The SMILES string of the molecule is Cl.NC/C=C/CNc1ccc(C(N)=O)cc1[N+](=O)[O-]. The van der Waals surface area contributed by atoms with Crippen molar-refractivity contribution in [2.24, 2.45) is 11.5 Å². The second-order valence-electron chi connectivity index (χ2n) is 3.44. The normalized spacial score (nSPS) is 9.95. The lowest BCUT2D eigenvalue weighted by Gasteiger charge is -2.05. The predicted octanol–water partition coefficient (Wildman–Crippen LogP) is 1.04. The summed E-state index contributed by atoms with van der Waals surface area (Å²) in [4.78, 5) is 21.2. The number of halogens is 1. The summed E-state index contributed by atoms with van der Waals surface area (Å²) in [6.07, 6.45) is 3.49. The Labute approximate surface area is 116 Å². The van der Waals surface area contributed by atoms with E-state index in [1.54, 1.807) is 12.2 Å². The minimum atomic E-state index is -0.701. The van der Waals surface area contributed by atoms with Crippen molar-refractivity contribution in [1.82, 2.24) is 0 Å². The maximum atomic E-state index is 10.9. The molecular weight excluding hydrogens is 272 g/mol. The molecule has 0 unspecified atom stereocenters. The summed E-state index contributed by atoms with van der Waals surface area (Å²) in [6, 6.07) is 4.04. The third-order valence-electron chi connectivity index (χ3n) is 2.19. The molecule has 0 spiro atoms. The molecule has 0 saturated carbocycles. The third kappa shape index (κ3) is 4.94. The number of anilines is 1. The second kappa shape index (κ2) is 8.06. The monoisotopic (exact) mass is 286 g/mol. The number of nitrogens with zero attached hydrogens (tertiary/aromatic N) is 1. The van der Waals surface area contributed by atoms with E-state index in [1.807, 2.05) is 0 Å². The summed E-state index contributed by atoms with van der Waals surface area (Å²) >= 11 is 0. The smallest absolute Gasteiger partial charge is 0.293 e. The highest BCUT2D eigenvalue weighted by Crippen LogP contribution is 2.25. The van der Waals surface area contributed by atoms with Crippen LogP contribution in [0.1, 0.15) is 10.4 Å². The molecule has 1 rings (SSSR count). The lowest BCUT2D eigenvalue weighted by molar-refractivity contribution is -0.384. The van der Waals surface area contributed by atoms with Gasteiger partial charge in [-0.15, -0.1) is 12.4 Å². The zero-order chi connectivity index (χ0) is 13.5. The van der Waals surface area contributed by atoms with Gasteiger partial charge in [-0.05, 0) is 12.1 Å². The van der Waals surface area contributed by atoms with Gasteiger partial charge in [0.15, 0.2) is 0 Å². The summed E-state index contributed by atoms with van der Waals surface area (Å²) in [5.74, 6) is -0.701. The maximum Gasteiger partial charge on any atom is 0.293 e. The quantitative estimate of drug-likeness (QED) is 0.409. The molecule has 104 valence electrons. The van der Waals surface area contributed by atoms with Crippen LogP contribution in [0.3, 0.4) is 0 Å². The van der Waals surface area contributed by atoms with Crippen molar-refractivity contribution in [3.05, 3.63) is 46.0 Å². The van der Waals surface area contributed by atoms with Crippen molar-refractivity contribution >= 4 is 29.7 Å². The number of nitro benzene ring substituents is 1. The minimum absolute atomic E-state index is 0. The first-order valence-electron chi connectivity index (χ1n) is 5.23. The summed E-state index contributed by atoms with van der Waals surface area (Å²) in [5, 5.41) is 13.7. The van der Waals surface area contributed by atoms with E-state index in [1.165, 1.54) is 12.1 Å². The van der Waals surface area contributed by atoms with Gasteiger partial charge >= 0.3 is 0 Å². The molecule has 0 heterocycles. The molecule has 0 aromatic heterocycles. The number of benzene rings is 1. The number of hydrogen-bond donors (Lipinski definition) is 3.